The van der Waals surface area contributed by atoms with E-state index in [1.54, 1.807) is 11.3 Å². The first-order chi connectivity index (χ1) is 16.1. The maximum atomic E-state index is 12.8. The van der Waals surface area contributed by atoms with E-state index in [0.717, 1.165) is 71.1 Å². The first-order valence-corrected chi connectivity index (χ1v) is 12.3. The van der Waals surface area contributed by atoms with E-state index in [4.69, 9.17) is 9.82 Å². The van der Waals surface area contributed by atoms with Crippen molar-refractivity contribution in [1.29, 1.82) is 0 Å². The summed E-state index contributed by atoms with van der Waals surface area (Å²) in [6.45, 7) is 5.52. The van der Waals surface area contributed by atoms with Crippen LogP contribution in [0.5, 0.6) is 0 Å². The van der Waals surface area contributed by atoms with Crippen molar-refractivity contribution in [2.75, 3.05) is 18.4 Å². The van der Waals surface area contributed by atoms with Crippen molar-refractivity contribution < 1.29 is 9.63 Å². The first-order valence-electron chi connectivity index (χ1n) is 11.4. The summed E-state index contributed by atoms with van der Waals surface area (Å²) in [5, 5.41) is 10.6. The number of rotatable bonds is 4. The molecule has 0 saturated carbocycles. The van der Waals surface area contributed by atoms with Crippen LogP contribution in [0, 0.1) is 13.8 Å². The van der Waals surface area contributed by atoms with Crippen molar-refractivity contribution in [1.82, 2.24) is 9.88 Å². The van der Waals surface area contributed by atoms with Gasteiger partial charge in [0.25, 0.3) is 0 Å². The van der Waals surface area contributed by atoms with Crippen molar-refractivity contribution in [3.8, 4) is 0 Å². The van der Waals surface area contributed by atoms with Gasteiger partial charge in [-0.15, -0.1) is 11.3 Å². The molecule has 2 amide bonds. The molecule has 0 radical (unpaired) electrons. The third-order valence-electron chi connectivity index (χ3n) is 6.42. The minimum atomic E-state index is -0.0369. The van der Waals surface area contributed by atoms with E-state index in [9.17, 15) is 4.79 Å². The molecule has 0 spiro atoms. The predicted molar refractivity (Wildman–Crippen MR) is 132 cm³/mol. The fourth-order valence-electron chi connectivity index (χ4n) is 4.38. The maximum Gasteiger partial charge on any atom is 0.321 e. The van der Waals surface area contributed by atoms with E-state index in [1.165, 1.54) is 0 Å². The summed E-state index contributed by atoms with van der Waals surface area (Å²) in [6, 6.07) is 16.3. The number of oxime groups is 1. The molecule has 0 aliphatic carbocycles. The van der Waals surface area contributed by atoms with Gasteiger partial charge >= 0.3 is 6.03 Å². The number of carbonyl (C=O) groups is 1. The summed E-state index contributed by atoms with van der Waals surface area (Å²) in [7, 11) is 0. The quantitative estimate of drug-likeness (QED) is 0.516. The summed E-state index contributed by atoms with van der Waals surface area (Å²) < 4.78 is 0. The highest BCUT2D eigenvalue weighted by Crippen LogP contribution is 2.33. The smallest absolute Gasteiger partial charge is 0.321 e. The fraction of sp³-hybridized carbons (Fsp3) is 0.346. The molecular formula is C26H28N4O2S. The van der Waals surface area contributed by atoms with Crippen molar-refractivity contribution in [3.05, 3.63) is 81.3 Å². The molecule has 7 heteroatoms. The lowest BCUT2D eigenvalue weighted by molar-refractivity contribution is 0.0857. The number of carbonyl (C=O) groups excluding carboxylic acids is 1. The second kappa shape index (κ2) is 9.35. The Kier molecular flexibility index (Phi) is 6.13. The summed E-state index contributed by atoms with van der Waals surface area (Å²) in [5.74, 6) is 0.376. The van der Waals surface area contributed by atoms with Gasteiger partial charge in [0.05, 0.1) is 10.7 Å². The van der Waals surface area contributed by atoms with Gasteiger partial charge in [0, 0.05) is 36.5 Å². The largest absolute Gasteiger partial charge is 0.387 e. The number of piperidine rings is 1. The van der Waals surface area contributed by atoms with Crippen molar-refractivity contribution >= 4 is 28.8 Å². The molecule has 1 aromatic heterocycles. The van der Waals surface area contributed by atoms with Crippen LogP contribution >= 0.6 is 11.3 Å². The molecular weight excluding hydrogens is 432 g/mol. The van der Waals surface area contributed by atoms with Gasteiger partial charge in [0.2, 0.25) is 0 Å². The first kappa shape index (κ1) is 21.6. The number of hydrogen-bond donors (Lipinski definition) is 1. The van der Waals surface area contributed by atoms with E-state index in [1.807, 2.05) is 49.1 Å². The molecule has 1 saturated heterocycles. The highest BCUT2D eigenvalue weighted by Gasteiger charge is 2.29. The number of amides is 2. The number of nitrogens with zero attached hydrogens (tertiary/aromatic N) is 3. The summed E-state index contributed by atoms with van der Waals surface area (Å²) in [5.41, 5.74) is 6.08. The van der Waals surface area contributed by atoms with Crippen LogP contribution < -0.4 is 5.32 Å². The lowest BCUT2D eigenvalue weighted by Crippen LogP contribution is -2.40. The Morgan fingerprint density at radius 1 is 1.12 bits per heavy atom. The van der Waals surface area contributed by atoms with Crippen LogP contribution in [-0.2, 0) is 4.84 Å². The normalized spacial score (nSPS) is 18.7. The van der Waals surface area contributed by atoms with Gasteiger partial charge in [0.15, 0.2) is 6.10 Å². The fourth-order valence-corrected chi connectivity index (χ4v) is 5.38. The zero-order valence-electron chi connectivity index (χ0n) is 19.0. The van der Waals surface area contributed by atoms with Crippen LogP contribution in [-0.4, -0.2) is 34.7 Å². The lowest BCUT2D eigenvalue weighted by Gasteiger charge is -2.31. The molecule has 5 rings (SSSR count). The average Bonchev–Trinajstić information content (AvgIpc) is 3.52. The van der Waals surface area contributed by atoms with Crippen LogP contribution in [0.4, 0.5) is 10.5 Å². The molecule has 1 fully saturated rings. The summed E-state index contributed by atoms with van der Waals surface area (Å²) >= 11 is 1.69. The Morgan fingerprint density at radius 2 is 1.91 bits per heavy atom. The van der Waals surface area contributed by atoms with Gasteiger partial charge in [-0.2, -0.15) is 0 Å². The van der Waals surface area contributed by atoms with Crippen molar-refractivity contribution in [2.24, 2.45) is 5.16 Å². The Bertz CT molecular complexity index is 1170. The second-order valence-electron chi connectivity index (χ2n) is 8.83. The number of likely N-dealkylation sites (tertiary alicyclic amines) is 1. The number of urea groups is 1. The summed E-state index contributed by atoms with van der Waals surface area (Å²) in [4.78, 5) is 25.2. The summed E-state index contributed by atoms with van der Waals surface area (Å²) in [6.07, 6.45) is 2.54. The Hall–Kier alpha value is -3.19. The SMILES string of the molecule is Cc1ccc(C)c(NC(=O)N2CCC(c3nc(C4=NO[C@@H](c5ccccc5)C4)cs3)CC2)c1. The second-order valence-corrected chi connectivity index (χ2v) is 9.72. The molecule has 1 N–H and O–H groups in total. The third-order valence-corrected chi connectivity index (χ3v) is 7.43. The number of benzene rings is 2. The van der Waals surface area contributed by atoms with Gasteiger partial charge in [0.1, 0.15) is 5.71 Å². The van der Waals surface area contributed by atoms with Gasteiger partial charge in [-0.25, -0.2) is 9.78 Å². The molecule has 3 aromatic rings. The van der Waals surface area contributed by atoms with Gasteiger partial charge in [-0.1, -0.05) is 47.6 Å². The molecule has 33 heavy (non-hydrogen) atoms. The standard InChI is InChI=1S/C26H28N4O2S/c1-17-8-9-18(2)21(14-17)28-26(31)30-12-10-20(11-13-30)25-27-23(16-33-25)22-15-24(32-29-22)19-6-4-3-5-7-19/h3-9,14,16,20,24H,10-13,15H2,1-2H3,(H,28,31)/t24-/m1/s1. The molecule has 0 bridgehead atoms. The number of anilines is 1. The molecule has 0 unspecified atom stereocenters. The van der Waals surface area contributed by atoms with Crippen LogP contribution in [0.1, 0.15) is 58.7 Å². The van der Waals surface area contributed by atoms with Gasteiger partial charge < -0.3 is 15.1 Å². The number of nitrogens with one attached hydrogen (secondary N) is 1. The monoisotopic (exact) mass is 460 g/mol. The molecule has 2 aromatic carbocycles. The van der Waals surface area contributed by atoms with Crippen molar-refractivity contribution in [2.45, 2.75) is 45.1 Å². The zero-order valence-corrected chi connectivity index (χ0v) is 19.8. The number of aryl methyl sites for hydroxylation is 2. The molecule has 6 nitrogen and oxygen atoms in total. The number of thiazole rings is 1. The molecule has 2 aliphatic heterocycles. The van der Waals surface area contributed by atoms with E-state index in [0.29, 0.717) is 5.92 Å². The van der Waals surface area contributed by atoms with E-state index >= 15 is 0 Å². The third kappa shape index (κ3) is 4.78. The van der Waals surface area contributed by atoms with Crippen LogP contribution in [0.25, 0.3) is 0 Å². The van der Waals surface area contributed by atoms with E-state index in [-0.39, 0.29) is 12.1 Å². The molecule has 2 aliphatic rings. The maximum absolute atomic E-state index is 12.8. The minimum Gasteiger partial charge on any atom is -0.387 e. The number of aromatic nitrogens is 1. The Labute approximate surface area is 198 Å². The van der Waals surface area contributed by atoms with E-state index < -0.39 is 0 Å². The van der Waals surface area contributed by atoms with Gasteiger partial charge in [-0.05, 0) is 49.4 Å². The molecule has 3 heterocycles. The molecule has 170 valence electrons. The minimum absolute atomic E-state index is 0.0219. The van der Waals surface area contributed by atoms with E-state index in [2.05, 4.69) is 34.1 Å². The highest BCUT2D eigenvalue weighted by atomic mass is 32.1. The highest BCUT2D eigenvalue weighted by molar-refractivity contribution is 7.10. The van der Waals surface area contributed by atoms with Crippen LogP contribution in [0.15, 0.2) is 59.1 Å². The Balaban J connectivity index is 1.16. The van der Waals surface area contributed by atoms with Crippen LogP contribution in [0.3, 0.4) is 0 Å². The van der Waals surface area contributed by atoms with Gasteiger partial charge in [-0.3, -0.25) is 0 Å². The topological polar surface area (TPSA) is 66.8 Å². The number of hydrogen-bond acceptors (Lipinski definition) is 5. The van der Waals surface area contributed by atoms with Crippen molar-refractivity contribution in [3.63, 3.8) is 0 Å². The average molecular weight is 461 g/mol. The Morgan fingerprint density at radius 3 is 2.70 bits per heavy atom. The van der Waals surface area contributed by atoms with Crippen LogP contribution in [0.2, 0.25) is 0 Å². The molecule has 1 atom stereocenters. The predicted octanol–water partition coefficient (Wildman–Crippen LogP) is 6.04. The lowest BCUT2D eigenvalue weighted by atomic mass is 9.97. The zero-order chi connectivity index (χ0) is 22.8.